The van der Waals surface area contributed by atoms with Crippen LogP contribution in [-0.2, 0) is 4.79 Å². The first-order valence-corrected chi connectivity index (χ1v) is 7.65. The molecule has 1 aromatic carbocycles. The molecule has 2 aromatic rings. The number of rotatable bonds is 7. The predicted molar refractivity (Wildman–Crippen MR) is 84.7 cm³/mol. The van der Waals surface area contributed by atoms with Gasteiger partial charge in [-0.2, -0.15) is 5.10 Å². The Hall–Kier alpha value is -2.24. The Morgan fingerprint density at radius 1 is 1.30 bits per heavy atom. The smallest absolute Gasteiger partial charge is 0.162 e. The van der Waals surface area contributed by atoms with Crippen LogP contribution in [-0.4, -0.2) is 27.2 Å². The number of halogens is 1. The van der Waals surface area contributed by atoms with Crippen LogP contribution in [0.4, 0.5) is 4.39 Å². The van der Waals surface area contributed by atoms with E-state index in [-0.39, 0.29) is 17.6 Å². The molecule has 0 spiro atoms. The number of nitrogens with zero attached hydrogens (tertiary/aromatic N) is 3. The average Bonchev–Trinajstić information content (AvgIpc) is 3.01. The van der Waals surface area contributed by atoms with E-state index in [4.69, 9.17) is 4.74 Å². The summed E-state index contributed by atoms with van der Waals surface area (Å²) in [5.74, 6) is 0.440. The fourth-order valence-electron chi connectivity index (χ4n) is 2.26. The molecule has 0 N–H and O–H groups in total. The van der Waals surface area contributed by atoms with Crippen molar-refractivity contribution in [1.29, 1.82) is 0 Å². The van der Waals surface area contributed by atoms with E-state index in [9.17, 15) is 9.18 Å². The molecule has 0 saturated heterocycles. The third kappa shape index (κ3) is 4.87. The molecule has 5 nitrogen and oxygen atoms in total. The molecule has 1 heterocycles. The van der Waals surface area contributed by atoms with Gasteiger partial charge in [-0.25, -0.2) is 14.1 Å². The summed E-state index contributed by atoms with van der Waals surface area (Å²) < 4.78 is 20.0. The zero-order chi connectivity index (χ0) is 16.9. The molecule has 124 valence electrons. The van der Waals surface area contributed by atoms with E-state index >= 15 is 0 Å². The summed E-state index contributed by atoms with van der Waals surface area (Å²) in [7, 11) is 0. The van der Waals surface area contributed by atoms with Crippen LogP contribution >= 0.6 is 0 Å². The third-order valence-electron chi connectivity index (χ3n) is 3.50. The SMILES string of the molecule is CC(C)(C)C(=O)C(CCCOc1ccc(F)cc1)n1cncn1. The minimum atomic E-state index is -0.450. The van der Waals surface area contributed by atoms with Crippen molar-refractivity contribution in [3.05, 3.63) is 42.7 Å². The maximum absolute atomic E-state index is 12.8. The number of carbonyl (C=O) groups is 1. The molecular formula is C17H22FN3O2. The maximum Gasteiger partial charge on any atom is 0.162 e. The minimum absolute atomic E-state index is 0.116. The van der Waals surface area contributed by atoms with Crippen LogP contribution in [0.1, 0.15) is 39.7 Å². The number of aromatic nitrogens is 3. The molecule has 23 heavy (non-hydrogen) atoms. The highest BCUT2D eigenvalue weighted by Crippen LogP contribution is 2.26. The summed E-state index contributed by atoms with van der Waals surface area (Å²) in [5, 5.41) is 4.10. The molecule has 1 atom stereocenters. The maximum atomic E-state index is 12.8. The number of carbonyl (C=O) groups excluding carboxylic acids is 1. The van der Waals surface area contributed by atoms with Gasteiger partial charge in [0.2, 0.25) is 0 Å². The molecule has 1 aromatic heterocycles. The average molecular weight is 319 g/mol. The normalized spacial score (nSPS) is 12.9. The zero-order valence-electron chi connectivity index (χ0n) is 13.7. The van der Waals surface area contributed by atoms with Crippen LogP contribution in [0.5, 0.6) is 5.75 Å². The number of ketones is 1. The topological polar surface area (TPSA) is 57.0 Å². The lowest BCUT2D eigenvalue weighted by atomic mass is 9.85. The van der Waals surface area contributed by atoms with Crippen LogP contribution < -0.4 is 4.74 Å². The highest BCUT2D eigenvalue weighted by Gasteiger charge is 2.31. The van der Waals surface area contributed by atoms with Gasteiger partial charge in [-0.3, -0.25) is 4.79 Å². The first-order valence-electron chi connectivity index (χ1n) is 7.65. The van der Waals surface area contributed by atoms with E-state index in [1.54, 1.807) is 23.1 Å². The fraction of sp³-hybridized carbons (Fsp3) is 0.471. The summed E-state index contributed by atoms with van der Waals surface area (Å²) in [6, 6.07) is 5.54. The molecule has 0 bridgehead atoms. The van der Waals surface area contributed by atoms with E-state index in [0.717, 1.165) is 0 Å². The van der Waals surface area contributed by atoms with Crippen molar-refractivity contribution < 1.29 is 13.9 Å². The minimum Gasteiger partial charge on any atom is -0.494 e. The lowest BCUT2D eigenvalue weighted by molar-refractivity contribution is -0.130. The second-order valence-corrected chi connectivity index (χ2v) is 6.45. The van der Waals surface area contributed by atoms with Gasteiger partial charge >= 0.3 is 0 Å². The Kier molecular flexibility index (Phi) is 5.47. The van der Waals surface area contributed by atoms with Crippen molar-refractivity contribution in [2.45, 2.75) is 39.7 Å². The standard InChI is InChI=1S/C17H22FN3O2/c1-17(2,3)16(22)15(21-12-19-11-20-21)5-4-10-23-14-8-6-13(18)7-9-14/h6-9,11-12,15H,4-5,10H2,1-3H3. The van der Waals surface area contributed by atoms with Crippen LogP contribution in [0, 0.1) is 11.2 Å². The fourth-order valence-corrected chi connectivity index (χ4v) is 2.26. The summed E-state index contributed by atoms with van der Waals surface area (Å²) in [5.41, 5.74) is -0.450. The number of ether oxygens (including phenoxy) is 1. The monoisotopic (exact) mass is 319 g/mol. The Labute approximate surface area is 135 Å². The van der Waals surface area contributed by atoms with Gasteiger partial charge in [-0.05, 0) is 37.1 Å². The lowest BCUT2D eigenvalue weighted by Gasteiger charge is -2.24. The van der Waals surface area contributed by atoms with Gasteiger partial charge in [0.1, 0.15) is 30.3 Å². The third-order valence-corrected chi connectivity index (χ3v) is 3.50. The molecule has 1 unspecified atom stereocenters. The first-order chi connectivity index (χ1) is 10.9. The van der Waals surface area contributed by atoms with Gasteiger partial charge in [0.25, 0.3) is 0 Å². The van der Waals surface area contributed by atoms with Crippen molar-refractivity contribution in [2.75, 3.05) is 6.61 Å². The molecule has 0 amide bonds. The van der Waals surface area contributed by atoms with Crippen molar-refractivity contribution in [3.8, 4) is 5.75 Å². The molecule has 2 rings (SSSR count). The van der Waals surface area contributed by atoms with Gasteiger partial charge in [-0.15, -0.1) is 0 Å². The van der Waals surface area contributed by atoms with E-state index in [1.807, 2.05) is 20.8 Å². The van der Waals surface area contributed by atoms with Crippen LogP contribution in [0.3, 0.4) is 0 Å². The molecule has 0 saturated carbocycles. The van der Waals surface area contributed by atoms with Crippen molar-refractivity contribution >= 4 is 5.78 Å². The molecular weight excluding hydrogens is 297 g/mol. The van der Waals surface area contributed by atoms with Crippen molar-refractivity contribution in [3.63, 3.8) is 0 Å². The molecule has 0 aliphatic carbocycles. The number of Topliss-reactive ketones (excluding diaryl/α,β-unsaturated/α-hetero) is 1. The molecule has 0 aliphatic rings. The Morgan fingerprint density at radius 2 is 2.00 bits per heavy atom. The second-order valence-electron chi connectivity index (χ2n) is 6.45. The number of hydrogen-bond acceptors (Lipinski definition) is 4. The summed E-state index contributed by atoms with van der Waals surface area (Å²) in [6.07, 6.45) is 4.29. The number of hydrogen-bond donors (Lipinski definition) is 0. The first kappa shape index (κ1) is 17.1. The highest BCUT2D eigenvalue weighted by atomic mass is 19.1. The summed E-state index contributed by atoms with van der Waals surface area (Å²) in [4.78, 5) is 16.5. The quantitative estimate of drug-likeness (QED) is 0.734. The summed E-state index contributed by atoms with van der Waals surface area (Å²) in [6.45, 7) is 6.14. The van der Waals surface area contributed by atoms with E-state index in [1.165, 1.54) is 18.5 Å². The Morgan fingerprint density at radius 3 is 2.57 bits per heavy atom. The van der Waals surface area contributed by atoms with Gasteiger partial charge in [0, 0.05) is 5.41 Å². The van der Waals surface area contributed by atoms with Crippen molar-refractivity contribution in [1.82, 2.24) is 14.8 Å². The predicted octanol–water partition coefficient (Wildman–Crippen LogP) is 3.43. The largest absolute Gasteiger partial charge is 0.494 e. The van der Waals surface area contributed by atoms with E-state index in [0.29, 0.717) is 25.2 Å². The van der Waals surface area contributed by atoms with Gasteiger partial charge in [0.15, 0.2) is 5.78 Å². The molecule has 0 radical (unpaired) electrons. The van der Waals surface area contributed by atoms with Crippen LogP contribution in [0.25, 0.3) is 0 Å². The molecule has 0 fully saturated rings. The van der Waals surface area contributed by atoms with E-state index < -0.39 is 5.41 Å². The highest BCUT2D eigenvalue weighted by molar-refractivity contribution is 5.87. The van der Waals surface area contributed by atoms with Gasteiger partial charge in [0.05, 0.1) is 6.61 Å². The van der Waals surface area contributed by atoms with Crippen LogP contribution in [0.15, 0.2) is 36.9 Å². The Balaban J connectivity index is 1.91. The number of benzene rings is 1. The van der Waals surface area contributed by atoms with Crippen molar-refractivity contribution in [2.24, 2.45) is 5.41 Å². The van der Waals surface area contributed by atoms with Gasteiger partial charge < -0.3 is 4.74 Å². The lowest BCUT2D eigenvalue weighted by Crippen LogP contribution is -2.31. The van der Waals surface area contributed by atoms with Gasteiger partial charge in [-0.1, -0.05) is 20.8 Å². The molecule has 6 heteroatoms. The van der Waals surface area contributed by atoms with Crippen LogP contribution in [0.2, 0.25) is 0 Å². The Bertz CT molecular complexity index is 618. The molecule has 0 aliphatic heterocycles. The zero-order valence-corrected chi connectivity index (χ0v) is 13.7. The van der Waals surface area contributed by atoms with E-state index in [2.05, 4.69) is 10.1 Å². The second kappa shape index (κ2) is 7.35. The summed E-state index contributed by atoms with van der Waals surface area (Å²) >= 11 is 0.